The molecular formula is C14H12N4O2S2. The fraction of sp³-hybridized carbons (Fsp3) is 0.214. The van der Waals surface area contributed by atoms with Crippen LogP contribution in [0.1, 0.15) is 10.4 Å². The molecule has 22 heavy (non-hydrogen) atoms. The lowest BCUT2D eigenvalue weighted by Crippen LogP contribution is -2.02. The molecule has 3 heterocycles. The number of rotatable bonds is 5. The smallest absolute Gasteiger partial charge is 0.231 e. The third-order valence-electron chi connectivity index (χ3n) is 3.19. The van der Waals surface area contributed by atoms with E-state index >= 15 is 0 Å². The van der Waals surface area contributed by atoms with Crippen molar-refractivity contribution in [3.63, 3.8) is 0 Å². The second kappa shape index (κ2) is 5.98. The standard InChI is InChI=1S/C14H12N4O2S2/c1-2-11(21-5-1)7-18-14(15-16-17-18)22-8-10-3-4-12-13(6-10)20-9-19-12/h1-6H,7-9H2. The Morgan fingerprint density at radius 2 is 2.18 bits per heavy atom. The lowest BCUT2D eigenvalue weighted by molar-refractivity contribution is 0.174. The number of tetrazole rings is 1. The predicted octanol–water partition coefficient (Wildman–Crippen LogP) is 2.80. The number of ether oxygens (including phenoxy) is 2. The number of hydrogen-bond acceptors (Lipinski definition) is 7. The molecule has 1 aromatic carbocycles. The molecule has 0 aliphatic carbocycles. The first-order valence-corrected chi connectivity index (χ1v) is 8.55. The summed E-state index contributed by atoms with van der Waals surface area (Å²) < 4.78 is 12.5. The Bertz CT molecular complexity index is 773. The Balaban J connectivity index is 1.45. The summed E-state index contributed by atoms with van der Waals surface area (Å²) in [6.07, 6.45) is 0. The van der Waals surface area contributed by atoms with Crippen LogP contribution in [0.15, 0.2) is 40.9 Å². The van der Waals surface area contributed by atoms with Crippen molar-refractivity contribution in [1.82, 2.24) is 20.2 Å². The van der Waals surface area contributed by atoms with Crippen molar-refractivity contribution >= 4 is 23.1 Å². The van der Waals surface area contributed by atoms with E-state index in [0.29, 0.717) is 13.3 Å². The van der Waals surface area contributed by atoms with Gasteiger partial charge in [0.1, 0.15) is 0 Å². The molecule has 112 valence electrons. The van der Waals surface area contributed by atoms with E-state index in [4.69, 9.17) is 9.47 Å². The molecule has 0 amide bonds. The van der Waals surface area contributed by atoms with Crippen molar-refractivity contribution < 1.29 is 9.47 Å². The lowest BCUT2D eigenvalue weighted by atomic mass is 10.2. The van der Waals surface area contributed by atoms with Crippen LogP contribution in [0, 0.1) is 0 Å². The topological polar surface area (TPSA) is 62.1 Å². The number of benzene rings is 1. The SMILES string of the molecule is c1csc(Cn2nnnc2SCc2ccc3c(c2)OCO3)c1. The van der Waals surface area contributed by atoms with Crippen LogP contribution in [-0.2, 0) is 12.3 Å². The Morgan fingerprint density at radius 1 is 1.23 bits per heavy atom. The normalized spacial score (nSPS) is 12.7. The van der Waals surface area contributed by atoms with Gasteiger partial charge < -0.3 is 9.47 Å². The zero-order valence-corrected chi connectivity index (χ0v) is 13.1. The van der Waals surface area contributed by atoms with Crippen molar-refractivity contribution in [2.24, 2.45) is 0 Å². The van der Waals surface area contributed by atoms with E-state index in [1.54, 1.807) is 23.1 Å². The Labute approximate surface area is 135 Å². The van der Waals surface area contributed by atoms with E-state index < -0.39 is 0 Å². The highest BCUT2D eigenvalue weighted by Gasteiger charge is 2.14. The minimum Gasteiger partial charge on any atom is -0.454 e. The van der Waals surface area contributed by atoms with Crippen LogP contribution in [0.4, 0.5) is 0 Å². The summed E-state index contributed by atoms with van der Waals surface area (Å²) in [7, 11) is 0. The lowest BCUT2D eigenvalue weighted by Gasteiger charge is -2.04. The first-order valence-electron chi connectivity index (χ1n) is 6.68. The summed E-state index contributed by atoms with van der Waals surface area (Å²) in [5.74, 6) is 2.38. The van der Waals surface area contributed by atoms with Crippen molar-refractivity contribution in [2.75, 3.05) is 6.79 Å². The summed E-state index contributed by atoms with van der Waals surface area (Å²) in [5.41, 5.74) is 1.15. The number of hydrogen-bond donors (Lipinski definition) is 0. The zero-order chi connectivity index (χ0) is 14.8. The maximum atomic E-state index is 5.39. The molecule has 0 atom stereocenters. The van der Waals surface area contributed by atoms with E-state index in [2.05, 4.69) is 27.0 Å². The second-order valence-electron chi connectivity index (χ2n) is 4.67. The van der Waals surface area contributed by atoms with Crippen LogP contribution >= 0.6 is 23.1 Å². The van der Waals surface area contributed by atoms with Gasteiger partial charge in [-0.2, -0.15) is 0 Å². The summed E-state index contributed by atoms with van der Waals surface area (Å²) in [5, 5.41) is 14.8. The third-order valence-corrected chi connectivity index (χ3v) is 5.08. The fourth-order valence-corrected chi connectivity index (χ4v) is 3.63. The number of nitrogens with zero attached hydrogens (tertiary/aromatic N) is 4. The molecule has 3 aromatic rings. The minimum absolute atomic E-state index is 0.297. The van der Waals surface area contributed by atoms with Gasteiger partial charge in [-0.15, -0.1) is 16.4 Å². The molecule has 0 saturated carbocycles. The van der Waals surface area contributed by atoms with Crippen LogP contribution in [0.2, 0.25) is 0 Å². The number of fused-ring (bicyclic) bond motifs is 1. The largest absolute Gasteiger partial charge is 0.454 e. The molecule has 8 heteroatoms. The quantitative estimate of drug-likeness (QED) is 0.670. The van der Waals surface area contributed by atoms with Gasteiger partial charge in [0, 0.05) is 10.6 Å². The molecule has 0 spiro atoms. The van der Waals surface area contributed by atoms with E-state index in [9.17, 15) is 0 Å². The van der Waals surface area contributed by atoms with Crippen molar-refractivity contribution in [3.05, 3.63) is 46.2 Å². The first-order chi connectivity index (χ1) is 10.9. The van der Waals surface area contributed by atoms with E-state index in [1.165, 1.54) is 4.88 Å². The van der Waals surface area contributed by atoms with Crippen molar-refractivity contribution in [1.29, 1.82) is 0 Å². The summed E-state index contributed by atoms with van der Waals surface area (Å²) in [6.45, 7) is 0.999. The number of aromatic nitrogens is 4. The van der Waals surface area contributed by atoms with E-state index in [0.717, 1.165) is 28.0 Å². The third kappa shape index (κ3) is 2.79. The van der Waals surface area contributed by atoms with Crippen LogP contribution in [0.25, 0.3) is 0 Å². The van der Waals surface area contributed by atoms with Crippen LogP contribution in [-0.4, -0.2) is 27.0 Å². The molecule has 4 rings (SSSR count). The molecule has 6 nitrogen and oxygen atoms in total. The highest BCUT2D eigenvalue weighted by atomic mass is 32.2. The summed E-state index contributed by atoms with van der Waals surface area (Å²) in [6, 6.07) is 10.1. The Kier molecular flexibility index (Phi) is 3.69. The Hall–Kier alpha value is -2.06. The fourth-order valence-electron chi connectivity index (χ4n) is 2.13. The molecule has 0 fully saturated rings. The summed E-state index contributed by atoms with van der Waals surface area (Å²) >= 11 is 3.31. The van der Waals surface area contributed by atoms with Crippen LogP contribution in [0.3, 0.4) is 0 Å². The van der Waals surface area contributed by atoms with E-state index in [1.807, 2.05) is 28.9 Å². The second-order valence-corrected chi connectivity index (χ2v) is 6.65. The Morgan fingerprint density at radius 3 is 3.09 bits per heavy atom. The highest BCUT2D eigenvalue weighted by molar-refractivity contribution is 7.98. The molecular weight excluding hydrogens is 320 g/mol. The van der Waals surface area contributed by atoms with Gasteiger partial charge in [0.05, 0.1) is 6.54 Å². The average molecular weight is 332 g/mol. The van der Waals surface area contributed by atoms with Gasteiger partial charge in [-0.05, 0) is 39.6 Å². The maximum absolute atomic E-state index is 5.39. The maximum Gasteiger partial charge on any atom is 0.231 e. The van der Waals surface area contributed by atoms with Crippen LogP contribution < -0.4 is 9.47 Å². The van der Waals surface area contributed by atoms with Crippen molar-refractivity contribution in [2.45, 2.75) is 17.5 Å². The predicted molar refractivity (Wildman–Crippen MR) is 83.4 cm³/mol. The molecule has 0 N–H and O–H groups in total. The van der Waals surface area contributed by atoms with Crippen molar-refractivity contribution in [3.8, 4) is 11.5 Å². The van der Waals surface area contributed by atoms with E-state index in [-0.39, 0.29) is 0 Å². The molecule has 1 aliphatic heterocycles. The molecule has 2 aromatic heterocycles. The van der Waals surface area contributed by atoms with Gasteiger partial charge in [-0.25, -0.2) is 4.68 Å². The van der Waals surface area contributed by atoms with Gasteiger partial charge in [0.2, 0.25) is 11.9 Å². The summed E-state index contributed by atoms with van der Waals surface area (Å²) in [4.78, 5) is 1.23. The highest BCUT2D eigenvalue weighted by Crippen LogP contribution is 2.34. The van der Waals surface area contributed by atoms with Gasteiger partial charge in [-0.1, -0.05) is 23.9 Å². The molecule has 1 aliphatic rings. The number of thiophene rings is 1. The van der Waals surface area contributed by atoms with Gasteiger partial charge in [0.15, 0.2) is 11.5 Å². The average Bonchev–Trinajstić information content (AvgIpc) is 3.27. The molecule has 0 radical (unpaired) electrons. The van der Waals surface area contributed by atoms with Gasteiger partial charge >= 0.3 is 0 Å². The molecule has 0 bridgehead atoms. The molecule has 0 saturated heterocycles. The van der Waals surface area contributed by atoms with Gasteiger partial charge in [0.25, 0.3) is 0 Å². The molecule has 0 unspecified atom stereocenters. The monoisotopic (exact) mass is 332 g/mol. The zero-order valence-electron chi connectivity index (χ0n) is 11.5. The first kappa shape index (κ1) is 13.6. The minimum atomic E-state index is 0.297. The van der Waals surface area contributed by atoms with Gasteiger partial charge in [-0.3, -0.25) is 0 Å². The van der Waals surface area contributed by atoms with Crippen LogP contribution in [0.5, 0.6) is 11.5 Å². The number of thioether (sulfide) groups is 1.